The van der Waals surface area contributed by atoms with Crippen molar-refractivity contribution < 1.29 is 13.2 Å². The molecule has 2 atom stereocenters. The summed E-state index contributed by atoms with van der Waals surface area (Å²) in [5.41, 5.74) is 5.42. The van der Waals surface area contributed by atoms with Gasteiger partial charge in [0, 0.05) is 6.04 Å². The number of nitrogens with two attached hydrogens (primary N) is 1. The van der Waals surface area contributed by atoms with Crippen molar-refractivity contribution in [3.05, 3.63) is 6.33 Å². The number of nitrogens with zero attached hydrogens (tertiary/aromatic N) is 2. The van der Waals surface area contributed by atoms with Crippen molar-refractivity contribution in [2.75, 3.05) is 0 Å². The number of hydrogen-bond acceptors (Lipinski definition) is 4. The molecule has 8 heteroatoms. The minimum Gasteiger partial charge on any atom is -0.326 e. The van der Waals surface area contributed by atoms with E-state index in [-0.39, 0.29) is 11.6 Å². The van der Waals surface area contributed by atoms with Gasteiger partial charge in [-0.2, -0.15) is 18.3 Å². The lowest BCUT2D eigenvalue weighted by atomic mass is 10.1. The molecule has 0 aliphatic carbocycles. The molecule has 0 aromatic carbocycles. The van der Waals surface area contributed by atoms with E-state index in [1.807, 2.05) is 0 Å². The van der Waals surface area contributed by atoms with Crippen molar-refractivity contribution in [2.45, 2.75) is 36.0 Å². The van der Waals surface area contributed by atoms with E-state index in [1.165, 1.54) is 0 Å². The second-order valence-electron chi connectivity index (χ2n) is 2.94. The van der Waals surface area contributed by atoms with E-state index in [9.17, 15) is 13.2 Å². The molecule has 0 aliphatic heterocycles. The minimum atomic E-state index is -4.34. The number of nitrogens with one attached hydrogen (secondary N) is 1. The first-order valence-electron chi connectivity index (χ1n) is 4.29. The molecule has 1 rings (SSSR count). The molecule has 2 unspecified atom stereocenters. The lowest BCUT2D eigenvalue weighted by Crippen LogP contribution is -2.42. The zero-order chi connectivity index (χ0) is 11.5. The molecule has 0 fully saturated rings. The van der Waals surface area contributed by atoms with Gasteiger partial charge in [0.05, 0.1) is 0 Å². The zero-order valence-corrected chi connectivity index (χ0v) is 8.77. The molecule has 4 nitrogen and oxygen atoms in total. The first-order valence-corrected chi connectivity index (χ1v) is 5.17. The monoisotopic (exact) mass is 240 g/mol. The number of aromatic nitrogens is 3. The van der Waals surface area contributed by atoms with Crippen LogP contribution < -0.4 is 5.73 Å². The Hall–Kier alpha value is -0.760. The number of halogens is 3. The van der Waals surface area contributed by atoms with Crippen molar-refractivity contribution in [1.29, 1.82) is 0 Å². The van der Waals surface area contributed by atoms with Crippen LogP contribution in [0.25, 0.3) is 0 Å². The number of aromatic amines is 1. The largest absolute Gasteiger partial charge is 0.402 e. The fourth-order valence-corrected chi connectivity index (χ4v) is 1.94. The average molecular weight is 240 g/mol. The highest BCUT2D eigenvalue weighted by molar-refractivity contribution is 7.99. The van der Waals surface area contributed by atoms with E-state index >= 15 is 0 Å². The summed E-state index contributed by atoms with van der Waals surface area (Å²) in [5.74, 6) is 0. The first-order chi connectivity index (χ1) is 6.95. The van der Waals surface area contributed by atoms with Gasteiger partial charge in [-0.15, -0.1) is 0 Å². The predicted molar refractivity (Wildman–Crippen MR) is 50.3 cm³/mol. The lowest BCUT2D eigenvalue weighted by molar-refractivity contribution is -0.132. The Bertz CT molecular complexity index is 287. The normalized spacial score (nSPS) is 16.3. The van der Waals surface area contributed by atoms with Crippen LogP contribution in [0.15, 0.2) is 11.5 Å². The highest BCUT2D eigenvalue weighted by atomic mass is 32.2. The van der Waals surface area contributed by atoms with Crippen molar-refractivity contribution in [1.82, 2.24) is 15.2 Å². The van der Waals surface area contributed by atoms with Gasteiger partial charge in [-0.3, -0.25) is 5.10 Å². The average Bonchev–Trinajstić information content (AvgIpc) is 2.63. The Balaban J connectivity index is 2.74. The quantitative estimate of drug-likeness (QED) is 0.784. The van der Waals surface area contributed by atoms with E-state index in [0.717, 1.165) is 6.33 Å². The Labute approximate surface area is 88.8 Å². The molecular formula is C7H11F3N4S. The van der Waals surface area contributed by atoms with Crippen molar-refractivity contribution >= 4 is 11.8 Å². The zero-order valence-electron chi connectivity index (χ0n) is 7.95. The molecule has 15 heavy (non-hydrogen) atoms. The molecule has 3 N–H and O–H groups in total. The molecule has 0 bridgehead atoms. The van der Waals surface area contributed by atoms with Crippen LogP contribution in [0.3, 0.4) is 0 Å². The highest BCUT2D eigenvalue weighted by Crippen LogP contribution is 2.35. The van der Waals surface area contributed by atoms with Gasteiger partial charge in [0.2, 0.25) is 0 Å². The van der Waals surface area contributed by atoms with Crippen molar-refractivity contribution in [2.24, 2.45) is 5.73 Å². The highest BCUT2D eigenvalue weighted by Gasteiger charge is 2.44. The van der Waals surface area contributed by atoms with Gasteiger partial charge in [-0.1, -0.05) is 18.7 Å². The summed E-state index contributed by atoms with van der Waals surface area (Å²) in [6, 6.07) is -0.944. The second-order valence-corrected chi connectivity index (χ2v) is 4.07. The summed E-state index contributed by atoms with van der Waals surface area (Å²) < 4.78 is 37.8. The van der Waals surface area contributed by atoms with Gasteiger partial charge in [0.1, 0.15) is 11.6 Å². The summed E-state index contributed by atoms with van der Waals surface area (Å²) in [6.07, 6.45) is -2.93. The molecule has 0 spiro atoms. The van der Waals surface area contributed by atoms with Gasteiger partial charge in [-0.05, 0) is 6.42 Å². The summed E-state index contributed by atoms with van der Waals surface area (Å²) in [4.78, 5) is 3.63. The van der Waals surface area contributed by atoms with Crippen LogP contribution in [0.2, 0.25) is 0 Å². The molecular weight excluding hydrogens is 229 g/mol. The van der Waals surface area contributed by atoms with Crippen LogP contribution >= 0.6 is 11.8 Å². The van der Waals surface area contributed by atoms with E-state index < -0.39 is 17.5 Å². The Kier molecular flexibility index (Phi) is 3.97. The van der Waals surface area contributed by atoms with Crippen molar-refractivity contribution in [3.63, 3.8) is 0 Å². The first kappa shape index (κ1) is 12.3. The van der Waals surface area contributed by atoms with E-state index in [0.29, 0.717) is 11.8 Å². The fourth-order valence-electron chi connectivity index (χ4n) is 0.982. The summed E-state index contributed by atoms with van der Waals surface area (Å²) in [5, 5.41) is 4.31. The van der Waals surface area contributed by atoms with Gasteiger partial charge >= 0.3 is 6.18 Å². The molecule has 1 aromatic rings. The number of thioether (sulfide) groups is 1. The third kappa shape index (κ3) is 3.38. The number of hydrogen-bond donors (Lipinski definition) is 2. The maximum absolute atomic E-state index is 12.6. The Morgan fingerprint density at radius 2 is 2.27 bits per heavy atom. The number of H-pyrrole nitrogens is 1. The molecule has 0 aliphatic rings. The van der Waals surface area contributed by atoms with Crippen LogP contribution in [-0.4, -0.2) is 32.6 Å². The third-order valence-electron chi connectivity index (χ3n) is 1.81. The maximum atomic E-state index is 12.6. The fraction of sp³-hybridized carbons (Fsp3) is 0.714. The smallest absolute Gasteiger partial charge is 0.326 e. The van der Waals surface area contributed by atoms with E-state index in [2.05, 4.69) is 15.2 Å². The van der Waals surface area contributed by atoms with Gasteiger partial charge in [-0.25, -0.2) is 4.98 Å². The maximum Gasteiger partial charge on any atom is 0.402 e. The second kappa shape index (κ2) is 4.84. The molecule has 0 saturated carbocycles. The predicted octanol–water partition coefficient (Wildman–Crippen LogP) is 1.56. The van der Waals surface area contributed by atoms with E-state index in [1.54, 1.807) is 6.92 Å². The summed E-state index contributed by atoms with van der Waals surface area (Å²) in [7, 11) is 0. The molecule has 1 aromatic heterocycles. The van der Waals surface area contributed by atoms with Crippen LogP contribution in [0, 0.1) is 0 Å². The topological polar surface area (TPSA) is 67.6 Å². The minimum absolute atomic E-state index is 0.126. The van der Waals surface area contributed by atoms with Gasteiger partial charge in [0.15, 0.2) is 5.16 Å². The lowest BCUT2D eigenvalue weighted by Gasteiger charge is -2.23. The third-order valence-corrected chi connectivity index (χ3v) is 3.11. The van der Waals surface area contributed by atoms with Crippen LogP contribution in [0.1, 0.15) is 13.3 Å². The summed E-state index contributed by atoms with van der Waals surface area (Å²) in [6.45, 7) is 1.62. The SMILES string of the molecule is CCC(N)C(Sc1ncn[nH]1)C(F)(F)F. The van der Waals surface area contributed by atoms with Crippen LogP contribution in [0.5, 0.6) is 0 Å². The number of alkyl halides is 3. The molecule has 1 heterocycles. The Morgan fingerprint density at radius 3 is 2.67 bits per heavy atom. The van der Waals surface area contributed by atoms with Crippen LogP contribution in [0.4, 0.5) is 13.2 Å². The van der Waals surface area contributed by atoms with Crippen molar-refractivity contribution in [3.8, 4) is 0 Å². The molecule has 86 valence electrons. The standard InChI is InChI=1S/C7H11F3N4S/c1-2-4(11)5(7(8,9)10)15-6-12-3-13-14-6/h3-5H,2,11H2,1H3,(H,12,13,14). The summed E-state index contributed by atoms with van der Waals surface area (Å²) >= 11 is 0.556. The molecule has 0 saturated heterocycles. The van der Waals surface area contributed by atoms with Gasteiger partial charge in [0.25, 0.3) is 0 Å². The Morgan fingerprint density at radius 1 is 1.60 bits per heavy atom. The van der Waals surface area contributed by atoms with Gasteiger partial charge < -0.3 is 5.73 Å². The molecule has 0 radical (unpaired) electrons. The van der Waals surface area contributed by atoms with E-state index in [4.69, 9.17) is 5.73 Å². The van der Waals surface area contributed by atoms with Crippen LogP contribution in [-0.2, 0) is 0 Å². The number of rotatable bonds is 4. The molecule has 0 amide bonds.